The van der Waals surface area contributed by atoms with Gasteiger partial charge in [-0.25, -0.2) is 4.79 Å². The lowest BCUT2D eigenvalue weighted by Crippen LogP contribution is -2.42. The van der Waals surface area contributed by atoms with Gasteiger partial charge >= 0.3 is 12.1 Å². The lowest BCUT2D eigenvalue weighted by molar-refractivity contribution is -0.146. The first kappa shape index (κ1) is 20.0. The van der Waals surface area contributed by atoms with Crippen molar-refractivity contribution in [2.45, 2.75) is 20.1 Å². The summed E-state index contributed by atoms with van der Waals surface area (Å²) in [7, 11) is 0. The minimum atomic E-state index is -0.741. The maximum Gasteiger partial charge on any atom is 0.413 e. The fraction of sp³-hybridized carbons (Fsp3) is 0.250. The summed E-state index contributed by atoms with van der Waals surface area (Å²) in [5.74, 6) is -0.941. The maximum absolute atomic E-state index is 12.3. The van der Waals surface area contributed by atoms with Gasteiger partial charge in [0.15, 0.2) is 6.73 Å². The van der Waals surface area contributed by atoms with Crippen LogP contribution in [-0.4, -0.2) is 36.1 Å². The van der Waals surface area contributed by atoms with Gasteiger partial charge in [0.25, 0.3) is 0 Å². The van der Waals surface area contributed by atoms with Crippen LogP contribution in [0.1, 0.15) is 18.1 Å². The number of rotatable bonds is 8. The number of carbonyl (C=O) groups is 3. The smallest absolute Gasteiger partial charge is 0.413 e. The van der Waals surface area contributed by atoms with Crippen LogP contribution in [0, 0.1) is 0 Å². The number of ether oxygens (including phenoxy) is 2. The second kappa shape index (κ2) is 10.6. The van der Waals surface area contributed by atoms with Crippen LogP contribution < -0.4 is 5.32 Å². The second-order valence-electron chi connectivity index (χ2n) is 5.77. The number of esters is 1. The topological polar surface area (TPSA) is 84.9 Å². The van der Waals surface area contributed by atoms with E-state index >= 15 is 0 Å². The Morgan fingerprint density at radius 1 is 0.889 bits per heavy atom. The van der Waals surface area contributed by atoms with Crippen molar-refractivity contribution in [3.05, 3.63) is 71.8 Å². The lowest BCUT2D eigenvalue weighted by atomic mass is 10.2. The second-order valence-corrected chi connectivity index (χ2v) is 5.77. The largest absolute Gasteiger partial charge is 0.444 e. The van der Waals surface area contributed by atoms with Crippen molar-refractivity contribution in [2.24, 2.45) is 0 Å². The Morgan fingerprint density at radius 3 is 2.07 bits per heavy atom. The van der Waals surface area contributed by atoms with E-state index in [1.165, 1.54) is 6.92 Å². The van der Waals surface area contributed by atoms with Crippen molar-refractivity contribution in [3.63, 3.8) is 0 Å². The molecule has 0 aromatic heterocycles. The number of amides is 2. The molecule has 0 aliphatic carbocycles. The summed E-state index contributed by atoms with van der Waals surface area (Å²) < 4.78 is 10.0. The van der Waals surface area contributed by atoms with Gasteiger partial charge in [-0.3, -0.25) is 14.5 Å². The Hall–Kier alpha value is -3.35. The molecule has 27 heavy (non-hydrogen) atoms. The van der Waals surface area contributed by atoms with E-state index in [9.17, 15) is 14.4 Å². The van der Waals surface area contributed by atoms with Crippen LogP contribution in [-0.2, 0) is 32.2 Å². The Bertz CT molecular complexity index is 749. The molecule has 0 radical (unpaired) electrons. The number of hydrogen-bond donors (Lipinski definition) is 1. The molecule has 0 heterocycles. The Balaban J connectivity index is 1.88. The van der Waals surface area contributed by atoms with Gasteiger partial charge in [0, 0.05) is 13.5 Å². The van der Waals surface area contributed by atoms with Gasteiger partial charge in [-0.2, -0.15) is 0 Å². The van der Waals surface area contributed by atoms with E-state index in [0.29, 0.717) is 6.54 Å². The molecule has 0 unspecified atom stereocenters. The van der Waals surface area contributed by atoms with Gasteiger partial charge in [0.1, 0.15) is 13.2 Å². The van der Waals surface area contributed by atoms with Crippen LogP contribution in [0.2, 0.25) is 0 Å². The van der Waals surface area contributed by atoms with Crippen LogP contribution in [0.25, 0.3) is 0 Å². The van der Waals surface area contributed by atoms with Crippen LogP contribution in [0.5, 0.6) is 0 Å². The van der Waals surface area contributed by atoms with Crippen LogP contribution in [0.4, 0.5) is 4.79 Å². The number of nitrogens with zero attached hydrogens (tertiary/aromatic N) is 1. The van der Waals surface area contributed by atoms with Crippen molar-refractivity contribution in [1.82, 2.24) is 10.2 Å². The highest BCUT2D eigenvalue weighted by Gasteiger charge is 2.20. The van der Waals surface area contributed by atoms with Gasteiger partial charge in [0.05, 0.1) is 0 Å². The zero-order valence-electron chi connectivity index (χ0n) is 15.1. The highest BCUT2D eigenvalue weighted by Crippen LogP contribution is 2.04. The van der Waals surface area contributed by atoms with Crippen molar-refractivity contribution in [1.29, 1.82) is 0 Å². The molecular weight excluding hydrogens is 348 g/mol. The first-order valence-corrected chi connectivity index (χ1v) is 8.44. The molecule has 2 rings (SSSR count). The quantitative estimate of drug-likeness (QED) is 0.570. The summed E-state index contributed by atoms with van der Waals surface area (Å²) in [4.78, 5) is 36.5. The molecule has 0 atom stereocenters. The number of hydrogen-bond acceptors (Lipinski definition) is 5. The van der Waals surface area contributed by atoms with Gasteiger partial charge in [-0.1, -0.05) is 60.7 Å². The molecule has 0 aliphatic heterocycles. The molecule has 0 saturated heterocycles. The molecule has 0 saturated carbocycles. The van der Waals surface area contributed by atoms with Gasteiger partial charge in [-0.05, 0) is 11.1 Å². The van der Waals surface area contributed by atoms with Crippen LogP contribution in [0.3, 0.4) is 0 Å². The average Bonchev–Trinajstić information content (AvgIpc) is 2.69. The Labute approximate surface area is 157 Å². The summed E-state index contributed by atoms with van der Waals surface area (Å²) >= 11 is 0. The van der Waals surface area contributed by atoms with E-state index in [2.05, 4.69) is 5.32 Å². The number of carbonyl (C=O) groups excluding carboxylic acids is 3. The third-order valence-corrected chi connectivity index (χ3v) is 3.55. The van der Waals surface area contributed by atoms with Crippen molar-refractivity contribution < 1.29 is 23.9 Å². The Kier molecular flexibility index (Phi) is 7.84. The Morgan fingerprint density at radius 2 is 1.48 bits per heavy atom. The fourth-order valence-corrected chi connectivity index (χ4v) is 2.17. The third-order valence-electron chi connectivity index (χ3n) is 3.55. The van der Waals surface area contributed by atoms with E-state index in [4.69, 9.17) is 9.47 Å². The van der Waals surface area contributed by atoms with E-state index in [1.807, 2.05) is 60.7 Å². The molecule has 2 amide bonds. The van der Waals surface area contributed by atoms with E-state index in [-0.39, 0.29) is 25.8 Å². The molecule has 0 fully saturated rings. The van der Waals surface area contributed by atoms with Crippen molar-refractivity contribution >= 4 is 18.0 Å². The average molecular weight is 370 g/mol. The zero-order valence-corrected chi connectivity index (χ0v) is 15.1. The molecule has 142 valence electrons. The minimum absolute atomic E-state index is 0.0574. The normalized spacial score (nSPS) is 9.96. The molecule has 7 nitrogen and oxygen atoms in total. The van der Waals surface area contributed by atoms with Crippen molar-refractivity contribution in [2.75, 3.05) is 13.3 Å². The standard InChI is InChI=1S/C20H22N2O5/c1-16(23)27-15-22(20(25)26-14-18-10-6-3-7-11-18)13-19(24)21-12-17-8-4-2-5-9-17/h2-11H,12-15H2,1H3,(H,21,24). The summed E-state index contributed by atoms with van der Waals surface area (Å²) in [6.07, 6.45) is -0.741. The zero-order chi connectivity index (χ0) is 19.5. The SMILES string of the molecule is CC(=O)OCN(CC(=O)NCc1ccccc1)C(=O)OCc1ccccc1. The van der Waals surface area contributed by atoms with E-state index in [1.54, 1.807) is 0 Å². The first-order chi connectivity index (χ1) is 13.0. The molecule has 2 aromatic rings. The van der Waals surface area contributed by atoms with Crippen LogP contribution >= 0.6 is 0 Å². The molecule has 0 bridgehead atoms. The number of nitrogens with one attached hydrogen (secondary N) is 1. The summed E-state index contributed by atoms with van der Waals surface area (Å²) in [6.45, 7) is 0.973. The number of benzene rings is 2. The van der Waals surface area contributed by atoms with Gasteiger partial charge in [0.2, 0.25) is 5.91 Å². The van der Waals surface area contributed by atoms with Gasteiger partial charge in [-0.15, -0.1) is 0 Å². The molecular formula is C20H22N2O5. The maximum atomic E-state index is 12.3. The molecule has 7 heteroatoms. The highest BCUT2D eigenvalue weighted by molar-refractivity contribution is 5.82. The molecule has 0 aliphatic rings. The van der Waals surface area contributed by atoms with E-state index in [0.717, 1.165) is 16.0 Å². The van der Waals surface area contributed by atoms with Crippen LogP contribution in [0.15, 0.2) is 60.7 Å². The fourth-order valence-electron chi connectivity index (χ4n) is 2.17. The van der Waals surface area contributed by atoms with Crippen molar-refractivity contribution in [3.8, 4) is 0 Å². The van der Waals surface area contributed by atoms with E-state index < -0.39 is 12.1 Å². The third kappa shape index (κ3) is 7.60. The minimum Gasteiger partial charge on any atom is -0.444 e. The molecule has 0 spiro atoms. The summed E-state index contributed by atoms with van der Waals surface area (Å²) in [5, 5.41) is 2.72. The predicted octanol–water partition coefficient (Wildman–Crippen LogP) is 2.46. The monoisotopic (exact) mass is 370 g/mol. The first-order valence-electron chi connectivity index (χ1n) is 8.44. The molecule has 2 aromatic carbocycles. The lowest BCUT2D eigenvalue weighted by Gasteiger charge is -2.21. The summed E-state index contributed by atoms with van der Waals surface area (Å²) in [6, 6.07) is 18.5. The predicted molar refractivity (Wildman–Crippen MR) is 98.3 cm³/mol. The van der Waals surface area contributed by atoms with Gasteiger partial charge < -0.3 is 14.8 Å². The molecule has 1 N–H and O–H groups in total. The summed E-state index contributed by atoms with van der Waals surface area (Å²) in [5.41, 5.74) is 1.75. The highest BCUT2D eigenvalue weighted by atomic mass is 16.6.